The number of hydrogen-bond donors (Lipinski definition) is 0. The second kappa shape index (κ2) is 16.6. The van der Waals surface area contributed by atoms with Crippen LogP contribution in [0.3, 0.4) is 0 Å². The van der Waals surface area contributed by atoms with Crippen molar-refractivity contribution in [2.24, 2.45) is 0 Å². The van der Waals surface area contributed by atoms with E-state index in [9.17, 15) is 0 Å². The van der Waals surface area contributed by atoms with E-state index >= 15 is 0 Å². The van der Waals surface area contributed by atoms with Gasteiger partial charge in [-0.15, -0.1) is 0 Å². The molecule has 312 valence electrons. The van der Waals surface area contributed by atoms with Gasteiger partial charge in [-0.1, -0.05) is 133 Å². The Kier molecular flexibility index (Phi) is 9.77. The molecular weight excluding hydrogens is 805 g/mol. The van der Waals surface area contributed by atoms with Crippen molar-refractivity contribution in [1.82, 2.24) is 4.98 Å². The summed E-state index contributed by atoms with van der Waals surface area (Å²) in [7, 11) is 0. The molecule has 10 aromatic carbocycles. The third-order valence-corrected chi connectivity index (χ3v) is 12.4. The molecule has 0 aliphatic heterocycles. The normalized spacial score (nSPS) is 11.3. The minimum Gasteiger partial charge on any atom is -0.455 e. The molecule has 0 fully saturated rings. The highest BCUT2D eigenvalue weighted by Gasteiger charge is 2.22. The van der Waals surface area contributed by atoms with E-state index in [1.807, 2.05) is 24.4 Å². The topological polar surface area (TPSA) is 35.8 Å². The summed E-state index contributed by atoms with van der Waals surface area (Å²) in [5.41, 5.74) is 13.0. The Balaban J connectivity index is 1.02. The van der Waals surface area contributed by atoms with Gasteiger partial charge in [-0.05, 0) is 125 Å². The van der Waals surface area contributed by atoms with Gasteiger partial charge in [0.2, 0.25) is 0 Å². The molecule has 12 aromatic rings. The molecule has 5 nitrogen and oxygen atoms in total. The second-order valence-corrected chi connectivity index (χ2v) is 16.4. The lowest BCUT2D eigenvalue weighted by molar-refractivity contribution is 0.673. The number of anilines is 9. The highest BCUT2D eigenvalue weighted by atomic mass is 16.3. The monoisotopic (exact) mass is 846 g/mol. The predicted octanol–water partition coefficient (Wildman–Crippen LogP) is 17.4. The van der Waals surface area contributed by atoms with E-state index in [2.05, 4.69) is 250 Å². The summed E-state index contributed by atoms with van der Waals surface area (Å²) < 4.78 is 6.91. The van der Waals surface area contributed by atoms with E-state index in [0.29, 0.717) is 0 Å². The highest BCUT2D eigenvalue weighted by molar-refractivity contribution is 6.30. The summed E-state index contributed by atoms with van der Waals surface area (Å²) in [5.74, 6) is 0. The number of fused-ring (bicyclic) bond motifs is 8. The van der Waals surface area contributed by atoms with Gasteiger partial charge in [0, 0.05) is 85.2 Å². The molecule has 0 amide bonds. The predicted molar refractivity (Wildman–Crippen MR) is 276 cm³/mol. The molecule has 0 aliphatic carbocycles. The molecule has 0 bridgehead atoms. The lowest BCUT2D eigenvalue weighted by atomic mass is 9.97. The molecule has 5 heteroatoms. The first-order chi connectivity index (χ1) is 32.7. The van der Waals surface area contributed by atoms with Crippen LogP contribution in [0.25, 0.3) is 54.7 Å². The highest BCUT2D eigenvalue weighted by Crippen LogP contribution is 2.46. The first-order valence-corrected chi connectivity index (χ1v) is 22.3. The van der Waals surface area contributed by atoms with Crippen molar-refractivity contribution in [2.45, 2.75) is 0 Å². The van der Waals surface area contributed by atoms with Crippen LogP contribution in [0.2, 0.25) is 0 Å². The molecule has 2 aromatic heterocycles. The lowest BCUT2D eigenvalue weighted by Crippen LogP contribution is -2.14. The number of furan rings is 1. The zero-order valence-electron chi connectivity index (χ0n) is 35.9. The van der Waals surface area contributed by atoms with E-state index in [4.69, 9.17) is 4.42 Å². The zero-order valence-corrected chi connectivity index (χ0v) is 35.9. The molecule has 0 atom stereocenters. The lowest BCUT2D eigenvalue weighted by Gasteiger charge is -2.31. The van der Waals surface area contributed by atoms with Gasteiger partial charge in [-0.25, -0.2) is 0 Å². The van der Waals surface area contributed by atoms with Gasteiger partial charge >= 0.3 is 0 Å². The van der Waals surface area contributed by atoms with Crippen molar-refractivity contribution < 1.29 is 4.42 Å². The fourth-order valence-corrected chi connectivity index (χ4v) is 9.46. The maximum atomic E-state index is 6.91. The van der Waals surface area contributed by atoms with Gasteiger partial charge < -0.3 is 19.1 Å². The number of hydrogen-bond acceptors (Lipinski definition) is 5. The average Bonchev–Trinajstić information content (AvgIpc) is 3.78. The molecule has 0 N–H and O–H groups in total. The average molecular weight is 847 g/mol. The number of benzene rings is 10. The Morgan fingerprint density at radius 3 is 1.23 bits per heavy atom. The van der Waals surface area contributed by atoms with Gasteiger partial charge in [-0.3, -0.25) is 4.98 Å². The largest absolute Gasteiger partial charge is 0.455 e. The summed E-state index contributed by atoms with van der Waals surface area (Å²) >= 11 is 0. The standard InChI is InChI=1S/C61H42N4O/c1-4-18-44(19-5-1)63(45-20-6-2-7-21-45)48-24-16-26-50(40-48)65(47-35-33-43(34-36-47)58-32-14-15-39-62-58)51-27-17-25-49(41-51)64(46-22-8-3-9-23-46)52-37-38-57-59(42-52)66-61-56-31-13-11-29-54(56)53-28-10-12-30-55(53)60(57)61/h1-42H. The third kappa shape index (κ3) is 6.96. The van der Waals surface area contributed by atoms with Gasteiger partial charge in [0.25, 0.3) is 0 Å². The van der Waals surface area contributed by atoms with Gasteiger partial charge in [0.15, 0.2) is 0 Å². The van der Waals surface area contributed by atoms with Gasteiger partial charge in [0.05, 0.1) is 5.69 Å². The summed E-state index contributed by atoms with van der Waals surface area (Å²) in [6.07, 6.45) is 1.84. The molecule has 0 aliphatic rings. The number of pyridine rings is 1. The Morgan fingerprint density at radius 1 is 0.288 bits per heavy atom. The van der Waals surface area contributed by atoms with Crippen molar-refractivity contribution in [2.75, 3.05) is 14.7 Å². The van der Waals surface area contributed by atoms with Crippen LogP contribution < -0.4 is 14.7 Å². The molecule has 0 radical (unpaired) electrons. The molecule has 0 spiro atoms. The quantitative estimate of drug-likeness (QED) is 0.128. The summed E-state index contributed by atoms with van der Waals surface area (Å²) in [4.78, 5) is 11.6. The minimum atomic E-state index is 0.842. The van der Waals surface area contributed by atoms with Gasteiger partial charge in [0.1, 0.15) is 11.2 Å². The van der Waals surface area contributed by atoms with Crippen LogP contribution in [0.15, 0.2) is 259 Å². The molecular formula is C61H42N4O. The molecule has 66 heavy (non-hydrogen) atoms. The maximum absolute atomic E-state index is 6.91. The number of rotatable bonds is 10. The van der Waals surface area contributed by atoms with E-state index in [-0.39, 0.29) is 0 Å². The molecule has 0 saturated heterocycles. The number of para-hydroxylation sites is 3. The number of aromatic nitrogens is 1. The van der Waals surface area contributed by atoms with Crippen LogP contribution in [0.4, 0.5) is 51.2 Å². The van der Waals surface area contributed by atoms with E-state index in [1.165, 1.54) is 16.2 Å². The van der Waals surface area contributed by atoms with E-state index in [1.54, 1.807) is 0 Å². The number of nitrogens with zero attached hydrogens (tertiary/aromatic N) is 4. The zero-order chi connectivity index (χ0) is 43.8. The molecule has 12 rings (SSSR count). The van der Waals surface area contributed by atoms with Crippen molar-refractivity contribution in [3.05, 3.63) is 255 Å². The van der Waals surface area contributed by atoms with Crippen LogP contribution in [0.1, 0.15) is 0 Å². The summed E-state index contributed by atoms with van der Waals surface area (Å²) in [6.45, 7) is 0. The van der Waals surface area contributed by atoms with Gasteiger partial charge in [-0.2, -0.15) is 0 Å². The Morgan fingerprint density at radius 2 is 0.697 bits per heavy atom. The smallest absolute Gasteiger partial charge is 0.143 e. The third-order valence-electron chi connectivity index (χ3n) is 12.4. The fraction of sp³-hybridized carbons (Fsp3) is 0. The van der Waals surface area contributed by atoms with Crippen molar-refractivity contribution >= 4 is 94.7 Å². The van der Waals surface area contributed by atoms with E-state index < -0.39 is 0 Å². The Hall–Kier alpha value is -8.93. The second-order valence-electron chi connectivity index (χ2n) is 16.4. The first kappa shape index (κ1) is 38.7. The minimum absolute atomic E-state index is 0.842. The molecule has 2 heterocycles. The maximum Gasteiger partial charge on any atom is 0.143 e. The van der Waals surface area contributed by atoms with Crippen molar-refractivity contribution in [3.8, 4) is 11.3 Å². The first-order valence-electron chi connectivity index (χ1n) is 22.3. The fourth-order valence-electron chi connectivity index (χ4n) is 9.46. The van der Waals surface area contributed by atoms with Crippen molar-refractivity contribution in [1.29, 1.82) is 0 Å². The SMILES string of the molecule is c1ccc(N(c2ccccc2)c2cccc(N(c3ccc(-c4ccccn4)cc3)c3cccc(N(c4ccccc4)c4ccc5c(c4)oc4c6ccccc6c6ccccc6c54)c3)c2)cc1. The Bertz CT molecular complexity index is 3610. The summed E-state index contributed by atoms with van der Waals surface area (Å²) in [5, 5.41) is 6.96. The van der Waals surface area contributed by atoms with Crippen molar-refractivity contribution in [3.63, 3.8) is 0 Å². The Labute approximate surface area is 383 Å². The molecule has 0 saturated carbocycles. The van der Waals surface area contributed by atoms with Crippen LogP contribution in [-0.4, -0.2) is 4.98 Å². The van der Waals surface area contributed by atoms with E-state index in [0.717, 1.165) is 89.8 Å². The van der Waals surface area contributed by atoms with Crippen LogP contribution in [0, 0.1) is 0 Å². The molecule has 0 unspecified atom stereocenters. The van der Waals surface area contributed by atoms with Crippen LogP contribution in [-0.2, 0) is 0 Å². The van der Waals surface area contributed by atoms with Crippen LogP contribution >= 0.6 is 0 Å². The summed E-state index contributed by atoms with van der Waals surface area (Å²) in [6, 6.07) is 87.8. The van der Waals surface area contributed by atoms with Crippen LogP contribution in [0.5, 0.6) is 0 Å².